The van der Waals surface area contributed by atoms with Gasteiger partial charge in [0.1, 0.15) is 5.69 Å². The van der Waals surface area contributed by atoms with E-state index in [1.807, 2.05) is 25.1 Å². The predicted molar refractivity (Wildman–Crippen MR) is 129 cm³/mol. The van der Waals surface area contributed by atoms with Crippen LogP contribution in [0.15, 0.2) is 65.8 Å². The summed E-state index contributed by atoms with van der Waals surface area (Å²) in [5.74, 6) is 0.346. The van der Waals surface area contributed by atoms with Crippen LogP contribution in [0.3, 0.4) is 0 Å². The summed E-state index contributed by atoms with van der Waals surface area (Å²) < 4.78 is 10.9. The molecule has 12 nitrogen and oxygen atoms in total. The Kier molecular flexibility index (Phi) is 7.90. The predicted octanol–water partition coefficient (Wildman–Crippen LogP) is 4.28. The molecule has 0 saturated heterocycles. The van der Waals surface area contributed by atoms with Gasteiger partial charge in [0.15, 0.2) is 18.1 Å². The summed E-state index contributed by atoms with van der Waals surface area (Å²) in [6, 6.07) is 15.4. The standard InChI is InChI=1S/C23H21N5O7/c1-15-4-3-5-17(10-15)25-23(29)14-35-21-9-6-16(11-22(21)34-2)13-24-26-19-8-7-18(27(30)31)12-20(19)28(32)33/h3-13,26H,14H2,1-2H3,(H,25,29)/b24-13-. The van der Waals surface area contributed by atoms with E-state index in [1.54, 1.807) is 24.3 Å². The molecule has 0 unspecified atom stereocenters. The van der Waals surface area contributed by atoms with E-state index in [0.717, 1.165) is 17.7 Å². The van der Waals surface area contributed by atoms with Gasteiger partial charge in [0.25, 0.3) is 11.6 Å². The lowest BCUT2D eigenvalue weighted by atomic mass is 10.2. The number of carbonyl (C=O) groups is 1. The fourth-order valence-corrected chi connectivity index (χ4v) is 3.00. The third-order valence-corrected chi connectivity index (χ3v) is 4.64. The molecule has 0 bridgehead atoms. The summed E-state index contributed by atoms with van der Waals surface area (Å²) in [6.07, 6.45) is 1.38. The Balaban J connectivity index is 1.64. The van der Waals surface area contributed by atoms with Crippen molar-refractivity contribution in [2.45, 2.75) is 6.92 Å². The minimum atomic E-state index is -0.741. The molecule has 0 aliphatic heterocycles. The Morgan fingerprint density at radius 3 is 2.51 bits per heavy atom. The first-order chi connectivity index (χ1) is 16.8. The molecule has 3 rings (SSSR count). The average Bonchev–Trinajstić information content (AvgIpc) is 2.83. The molecular formula is C23H21N5O7. The van der Waals surface area contributed by atoms with Gasteiger partial charge in [-0.1, -0.05) is 12.1 Å². The molecule has 0 saturated carbocycles. The van der Waals surface area contributed by atoms with Crippen molar-refractivity contribution in [3.8, 4) is 11.5 Å². The number of nitrogens with zero attached hydrogens (tertiary/aromatic N) is 3. The van der Waals surface area contributed by atoms with E-state index >= 15 is 0 Å². The number of benzene rings is 3. The van der Waals surface area contributed by atoms with E-state index in [-0.39, 0.29) is 18.2 Å². The highest BCUT2D eigenvalue weighted by atomic mass is 16.6. The van der Waals surface area contributed by atoms with Crippen LogP contribution >= 0.6 is 0 Å². The van der Waals surface area contributed by atoms with Gasteiger partial charge in [-0.05, 0) is 54.4 Å². The lowest BCUT2D eigenvalue weighted by Gasteiger charge is -2.11. The number of nitro benzene ring substituents is 2. The number of nitrogens with one attached hydrogen (secondary N) is 2. The number of anilines is 2. The van der Waals surface area contributed by atoms with Crippen LogP contribution < -0.4 is 20.2 Å². The zero-order valence-electron chi connectivity index (χ0n) is 18.8. The molecule has 35 heavy (non-hydrogen) atoms. The topological polar surface area (TPSA) is 158 Å². The number of nitro groups is 2. The molecule has 0 aromatic heterocycles. The van der Waals surface area contributed by atoms with E-state index in [1.165, 1.54) is 19.4 Å². The number of carbonyl (C=O) groups excluding carboxylic acids is 1. The molecular weight excluding hydrogens is 458 g/mol. The second-order valence-corrected chi connectivity index (χ2v) is 7.20. The molecule has 0 atom stereocenters. The molecule has 0 aliphatic rings. The Morgan fingerprint density at radius 1 is 1.03 bits per heavy atom. The van der Waals surface area contributed by atoms with Crippen LogP contribution in [0.25, 0.3) is 0 Å². The first kappa shape index (κ1) is 24.6. The Labute approximate surface area is 199 Å². The number of methoxy groups -OCH3 is 1. The van der Waals surface area contributed by atoms with Crippen molar-refractivity contribution in [2.24, 2.45) is 5.10 Å². The van der Waals surface area contributed by atoms with Crippen molar-refractivity contribution in [1.82, 2.24) is 0 Å². The van der Waals surface area contributed by atoms with Gasteiger partial charge in [0.2, 0.25) is 0 Å². The Hall–Kier alpha value is -5.00. The maximum atomic E-state index is 12.2. The van der Waals surface area contributed by atoms with Gasteiger partial charge in [-0.2, -0.15) is 5.10 Å². The van der Waals surface area contributed by atoms with Crippen molar-refractivity contribution in [3.63, 3.8) is 0 Å². The molecule has 0 aliphatic carbocycles. The number of hydrogen-bond acceptors (Lipinski definition) is 9. The van der Waals surface area contributed by atoms with Crippen molar-refractivity contribution in [1.29, 1.82) is 0 Å². The monoisotopic (exact) mass is 479 g/mol. The van der Waals surface area contributed by atoms with Gasteiger partial charge in [0, 0.05) is 11.8 Å². The minimum absolute atomic E-state index is 0.0107. The molecule has 2 N–H and O–H groups in total. The highest BCUT2D eigenvalue weighted by Crippen LogP contribution is 2.30. The number of amides is 1. The molecule has 180 valence electrons. The summed E-state index contributed by atoms with van der Waals surface area (Å²) in [6.45, 7) is 1.69. The SMILES string of the molecule is COc1cc(/C=N\Nc2ccc([N+](=O)[O-])cc2[N+](=O)[O-])ccc1OCC(=O)Nc1cccc(C)c1. The lowest BCUT2D eigenvalue weighted by molar-refractivity contribution is -0.393. The zero-order valence-corrected chi connectivity index (χ0v) is 18.8. The van der Waals surface area contributed by atoms with Gasteiger partial charge in [0.05, 0.1) is 29.2 Å². The zero-order chi connectivity index (χ0) is 25.4. The second kappa shape index (κ2) is 11.2. The van der Waals surface area contributed by atoms with E-state index in [9.17, 15) is 25.0 Å². The van der Waals surface area contributed by atoms with Crippen LogP contribution in [-0.4, -0.2) is 35.7 Å². The lowest BCUT2D eigenvalue weighted by Crippen LogP contribution is -2.20. The average molecular weight is 479 g/mol. The fourth-order valence-electron chi connectivity index (χ4n) is 3.00. The van der Waals surface area contributed by atoms with Gasteiger partial charge < -0.3 is 14.8 Å². The van der Waals surface area contributed by atoms with Crippen LogP contribution in [-0.2, 0) is 4.79 Å². The van der Waals surface area contributed by atoms with Crippen molar-refractivity contribution in [3.05, 3.63) is 92.0 Å². The summed E-state index contributed by atoms with van der Waals surface area (Å²) in [5.41, 5.74) is 3.85. The number of ether oxygens (including phenoxy) is 2. The van der Waals surface area contributed by atoms with Crippen molar-refractivity contribution in [2.75, 3.05) is 24.5 Å². The highest BCUT2D eigenvalue weighted by molar-refractivity contribution is 5.92. The van der Waals surface area contributed by atoms with Crippen molar-refractivity contribution >= 4 is 34.9 Å². The number of aryl methyl sites for hydroxylation is 1. The highest BCUT2D eigenvalue weighted by Gasteiger charge is 2.19. The molecule has 0 spiro atoms. The van der Waals surface area contributed by atoms with Crippen LogP contribution in [0.1, 0.15) is 11.1 Å². The number of hydrazone groups is 1. The molecule has 3 aromatic carbocycles. The van der Waals surface area contributed by atoms with Crippen LogP contribution in [0, 0.1) is 27.2 Å². The van der Waals surface area contributed by atoms with E-state index in [0.29, 0.717) is 22.7 Å². The molecule has 1 amide bonds. The smallest absolute Gasteiger partial charge is 0.301 e. The van der Waals surface area contributed by atoms with E-state index < -0.39 is 21.2 Å². The summed E-state index contributed by atoms with van der Waals surface area (Å²) in [5, 5.41) is 28.8. The second-order valence-electron chi connectivity index (χ2n) is 7.20. The van der Waals surface area contributed by atoms with Crippen LogP contribution in [0.2, 0.25) is 0 Å². The summed E-state index contributed by atoms with van der Waals surface area (Å²) >= 11 is 0. The largest absolute Gasteiger partial charge is 0.493 e. The quantitative estimate of drug-likeness (QED) is 0.248. The molecule has 12 heteroatoms. The molecule has 3 aromatic rings. The van der Waals surface area contributed by atoms with Gasteiger partial charge in [-0.25, -0.2) is 0 Å². The Bertz CT molecular complexity index is 1290. The van der Waals surface area contributed by atoms with Crippen molar-refractivity contribution < 1.29 is 24.1 Å². The van der Waals surface area contributed by atoms with E-state index in [2.05, 4.69) is 15.8 Å². The fraction of sp³-hybridized carbons (Fsp3) is 0.130. The normalized spacial score (nSPS) is 10.6. The summed E-state index contributed by atoms with van der Waals surface area (Å²) in [4.78, 5) is 32.8. The third kappa shape index (κ3) is 6.74. The molecule has 0 fully saturated rings. The van der Waals surface area contributed by atoms with E-state index in [4.69, 9.17) is 9.47 Å². The van der Waals surface area contributed by atoms with Gasteiger partial charge >= 0.3 is 5.69 Å². The van der Waals surface area contributed by atoms with Crippen LogP contribution in [0.4, 0.5) is 22.7 Å². The number of rotatable bonds is 10. The number of hydrogen-bond donors (Lipinski definition) is 2. The van der Waals surface area contributed by atoms with Gasteiger partial charge in [-0.3, -0.25) is 30.4 Å². The molecule has 0 heterocycles. The Morgan fingerprint density at radius 2 is 1.83 bits per heavy atom. The third-order valence-electron chi connectivity index (χ3n) is 4.64. The maximum Gasteiger partial charge on any atom is 0.301 e. The first-order valence-corrected chi connectivity index (χ1v) is 10.2. The summed E-state index contributed by atoms with van der Waals surface area (Å²) in [7, 11) is 1.44. The first-order valence-electron chi connectivity index (χ1n) is 10.2. The van der Waals surface area contributed by atoms with Gasteiger partial charge in [-0.15, -0.1) is 0 Å². The molecule has 0 radical (unpaired) electrons. The minimum Gasteiger partial charge on any atom is -0.493 e. The number of non-ortho nitro benzene ring substituents is 1. The maximum absolute atomic E-state index is 12.2. The van der Waals surface area contributed by atoms with Crippen LogP contribution in [0.5, 0.6) is 11.5 Å².